The molecule has 0 aliphatic rings. The van der Waals surface area contributed by atoms with Gasteiger partial charge in [0, 0.05) is 13.2 Å². The van der Waals surface area contributed by atoms with Crippen LogP contribution in [0, 0.1) is 0 Å². The molecule has 118 valence electrons. The predicted octanol–water partition coefficient (Wildman–Crippen LogP) is -2.87. The molecule has 0 spiro atoms. The quantitative estimate of drug-likeness (QED) is 0.178. The fourth-order valence-corrected chi connectivity index (χ4v) is 1.33. The molecule has 0 aromatic heterocycles. The van der Waals surface area contributed by atoms with Gasteiger partial charge in [-0.3, -0.25) is 4.79 Å². The number of ether oxygens (including phenoxy) is 1. The fraction of sp³-hybridized carbons (Fsp3) is 0.750. The highest BCUT2D eigenvalue weighted by molar-refractivity contribution is 5.81. The Kier molecular flexibility index (Phi) is 10.2. The third kappa shape index (κ3) is 6.94. The van der Waals surface area contributed by atoms with E-state index in [1.165, 1.54) is 0 Å². The molecule has 0 fully saturated rings. The van der Waals surface area contributed by atoms with Crippen LogP contribution in [0.1, 0.15) is 6.42 Å². The normalized spacial score (nSPS) is 17.1. The molecular formula is C12H23NO7. The van der Waals surface area contributed by atoms with Gasteiger partial charge in [-0.1, -0.05) is 6.08 Å². The number of hydrogen-bond acceptors (Lipinski definition) is 7. The summed E-state index contributed by atoms with van der Waals surface area (Å²) >= 11 is 0. The van der Waals surface area contributed by atoms with Crippen molar-refractivity contribution in [3.63, 3.8) is 0 Å². The van der Waals surface area contributed by atoms with Crippen molar-refractivity contribution in [2.24, 2.45) is 0 Å². The Morgan fingerprint density at radius 1 is 1.25 bits per heavy atom. The van der Waals surface area contributed by atoms with Gasteiger partial charge in [0.25, 0.3) is 5.91 Å². The Balaban J connectivity index is 3.98. The van der Waals surface area contributed by atoms with E-state index in [1.54, 1.807) is 6.08 Å². The van der Waals surface area contributed by atoms with E-state index in [0.717, 1.165) is 0 Å². The third-order valence-electron chi connectivity index (χ3n) is 2.52. The van der Waals surface area contributed by atoms with Crippen molar-refractivity contribution in [3.05, 3.63) is 12.7 Å². The van der Waals surface area contributed by atoms with E-state index >= 15 is 0 Å². The van der Waals surface area contributed by atoms with E-state index in [4.69, 9.17) is 14.9 Å². The van der Waals surface area contributed by atoms with E-state index in [-0.39, 0.29) is 6.54 Å². The Labute approximate surface area is 117 Å². The van der Waals surface area contributed by atoms with Crippen LogP contribution in [0.2, 0.25) is 0 Å². The molecule has 0 heterocycles. The first kappa shape index (κ1) is 19.0. The molecule has 6 N–H and O–H groups in total. The summed E-state index contributed by atoms with van der Waals surface area (Å²) in [4.78, 5) is 11.5. The first-order valence-corrected chi connectivity index (χ1v) is 6.25. The Morgan fingerprint density at radius 3 is 2.45 bits per heavy atom. The zero-order valence-electron chi connectivity index (χ0n) is 11.2. The summed E-state index contributed by atoms with van der Waals surface area (Å²) in [6.45, 7) is 3.69. The molecule has 8 heteroatoms. The molecule has 0 aliphatic carbocycles. The van der Waals surface area contributed by atoms with Gasteiger partial charge in [0.05, 0.1) is 13.2 Å². The second-order valence-electron chi connectivity index (χ2n) is 4.18. The molecule has 8 nitrogen and oxygen atoms in total. The molecule has 0 aliphatic heterocycles. The molecule has 0 saturated heterocycles. The Bertz CT molecular complexity index is 287. The van der Waals surface area contributed by atoms with E-state index in [0.29, 0.717) is 19.6 Å². The predicted molar refractivity (Wildman–Crippen MR) is 69.8 cm³/mol. The maximum atomic E-state index is 11.5. The number of nitrogens with one attached hydrogen (secondary N) is 1. The second kappa shape index (κ2) is 10.7. The highest BCUT2D eigenvalue weighted by Gasteiger charge is 2.33. The van der Waals surface area contributed by atoms with Crippen molar-refractivity contribution in [1.82, 2.24) is 5.32 Å². The lowest BCUT2D eigenvalue weighted by Crippen LogP contribution is -2.51. The van der Waals surface area contributed by atoms with E-state index in [1.807, 2.05) is 0 Å². The zero-order chi connectivity index (χ0) is 15.5. The van der Waals surface area contributed by atoms with Crippen LogP contribution in [0.4, 0.5) is 0 Å². The van der Waals surface area contributed by atoms with Gasteiger partial charge in [0.2, 0.25) is 0 Å². The number of aliphatic hydroxyl groups is 5. The SMILES string of the molecule is C=CCOCCCNC(=O)[C@H](O)[C@@H](O)[C@H](O)[C@H](O)CO. The molecule has 0 unspecified atom stereocenters. The number of hydrogen-bond donors (Lipinski definition) is 6. The van der Waals surface area contributed by atoms with Crippen molar-refractivity contribution in [2.75, 3.05) is 26.4 Å². The van der Waals surface area contributed by atoms with Crippen LogP contribution in [0.25, 0.3) is 0 Å². The number of amides is 1. The topological polar surface area (TPSA) is 139 Å². The van der Waals surface area contributed by atoms with Gasteiger partial charge < -0.3 is 35.6 Å². The lowest BCUT2D eigenvalue weighted by molar-refractivity contribution is -0.148. The lowest BCUT2D eigenvalue weighted by Gasteiger charge is -2.24. The Hall–Kier alpha value is -1.03. The lowest BCUT2D eigenvalue weighted by atomic mass is 10.0. The van der Waals surface area contributed by atoms with Crippen LogP contribution in [0.15, 0.2) is 12.7 Å². The van der Waals surface area contributed by atoms with E-state index in [2.05, 4.69) is 11.9 Å². The molecule has 20 heavy (non-hydrogen) atoms. The molecule has 0 radical (unpaired) electrons. The summed E-state index contributed by atoms with van der Waals surface area (Å²) in [5, 5.41) is 48.3. The first-order valence-electron chi connectivity index (χ1n) is 6.25. The van der Waals surface area contributed by atoms with Crippen LogP contribution < -0.4 is 5.32 Å². The van der Waals surface area contributed by atoms with Gasteiger partial charge >= 0.3 is 0 Å². The van der Waals surface area contributed by atoms with Crippen LogP contribution in [-0.4, -0.2) is 82.2 Å². The van der Waals surface area contributed by atoms with Crippen molar-refractivity contribution < 1.29 is 35.1 Å². The maximum Gasteiger partial charge on any atom is 0.251 e. The largest absolute Gasteiger partial charge is 0.394 e. The van der Waals surface area contributed by atoms with Crippen molar-refractivity contribution >= 4 is 5.91 Å². The summed E-state index contributed by atoms with van der Waals surface area (Å²) in [7, 11) is 0. The number of rotatable bonds is 11. The smallest absolute Gasteiger partial charge is 0.251 e. The van der Waals surface area contributed by atoms with Gasteiger partial charge in [-0.25, -0.2) is 0 Å². The minimum absolute atomic E-state index is 0.221. The van der Waals surface area contributed by atoms with E-state index in [9.17, 15) is 20.1 Å². The van der Waals surface area contributed by atoms with E-state index < -0.39 is 36.9 Å². The fourth-order valence-electron chi connectivity index (χ4n) is 1.33. The average Bonchev–Trinajstić information content (AvgIpc) is 2.47. The standard InChI is InChI=1S/C12H23NO7/c1-2-5-20-6-3-4-13-12(19)11(18)10(17)9(16)8(15)7-14/h2,8-11,14-18H,1,3-7H2,(H,13,19)/t8-,9-,10+,11-/m1/s1. The van der Waals surface area contributed by atoms with Crippen LogP contribution in [0.5, 0.6) is 0 Å². The van der Waals surface area contributed by atoms with Gasteiger partial charge in [0.15, 0.2) is 6.10 Å². The molecule has 0 aromatic rings. The molecule has 4 atom stereocenters. The van der Waals surface area contributed by atoms with Gasteiger partial charge in [-0.05, 0) is 6.42 Å². The summed E-state index contributed by atoms with van der Waals surface area (Å²) < 4.78 is 5.07. The molecule has 1 amide bonds. The summed E-state index contributed by atoms with van der Waals surface area (Å²) in [5.41, 5.74) is 0. The molecule has 0 rings (SSSR count). The summed E-state index contributed by atoms with van der Waals surface area (Å²) in [6.07, 6.45) is -5.16. The van der Waals surface area contributed by atoms with Crippen LogP contribution >= 0.6 is 0 Å². The maximum absolute atomic E-state index is 11.5. The Morgan fingerprint density at radius 2 is 1.90 bits per heavy atom. The van der Waals surface area contributed by atoms with Crippen molar-refractivity contribution in [3.8, 4) is 0 Å². The number of aliphatic hydroxyl groups excluding tert-OH is 5. The van der Waals surface area contributed by atoms with Gasteiger partial charge in [-0.2, -0.15) is 0 Å². The molecule has 0 bridgehead atoms. The average molecular weight is 293 g/mol. The second-order valence-corrected chi connectivity index (χ2v) is 4.18. The number of carbonyl (C=O) groups is 1. The minimum atomic E-state index is -1.90. The molecular weight excluding hydrogens is 270 g/mol. The van der Waals surface area contributed by atoms with Gasteiger partial charge in [0.1, 0.15) is 18.3 Å². The summed E-state index contributed by atoms with van der Waals surface area (Å²) in [6, 6.07) is 0. The van der Waals surface area contributed by atoms with Crippen LogP contribution in [-0.2, 0) is 9.53 Å². The van der Waals surface area contributed by atoms with Gasteiger partial charge in [-0.15, -0.1) is 6.58 Å². The monoisotopic (exact) mass is 293 g/mol. The third-order valence-corrected chi connectivity index (χ3v) is 2.52. The highest BCUT2D eigenvalue weighted by Crippen LogP contribution is 2.05. The van der Waals surface area contributed by atoms with Crippen molar-refractivity contribution in [1.29, 1.82) is 0 Å². The minimum Gasteiger partial charge on any atom is -0.394 e. The highest BCUT2D eigenvalue weighted by atomic mass is 16.5. The molecule has 0 aromatic carbocycles. The van der Waals surface area contributed by atoms with Crippen molar-refractivity contribution in [2.45, 2.75) is 30.8 Å². The summed E-state index contributed by atoms with van der Waals surface area (Å²) in [5.74, 6) is -0.884. The number of carbonyl (C=O) groups excluding carboxylic acids is 1. The first-order chi connectivity index (χ1) is 9.45. The zero-order valence-corrected chi connectivity index (χ0v) is 11.2. The van der Waals surface area contributed by atoms with Crippen LogP contribution in [0.3, 0.4) is 0 Å². The molecule has 0 saturated carbocycles.